The molecule has 0 fully saturated rings. The molecule has 0 unspecified atom stereocenters. The first-order valence-electron chi connectivity index (χ1n) is 5.89. The van der Waals surface area contributed by atoms with Gasteiger partial charge in [-0.15, -0.1) is 0 Å². The lowest BCUT2D eigenvalue weighted by molar-refractivity contribution is 0.432. The van der Waals surface area contributed by atoms with Gasteiger partial charge in [-0.2, -0.15) is 4.98 Å². The van der Waals surface area contributed by atoms with Crippen LogP contribution in [-0.2, 0) is 0 Å². The second-order valence-electron chi connectivity index (χ2n) is 4.28. The van der Waals surface area contributed by atoms with Crippen molar-refractivity contribution in [2.24, 2.45) is 0 Å². The standard InChI is InChI=1S/C14H8BrF2N3O/c15-8-2-4-12(18)9(6-8)14-19-13(20-21-14)7-1-3-10(16)11(17)5-7/h1-6H,18H2. The first-order chi connectivity index (χ1) is 10.0. The van der Waals surface area contributed by atoms with Crippen LogP contribution in [0.3, 0.4) is 0 Å². The number of benzene rings is 2. The van der Waals surface area contributed by atoms with Crippen molar-refractivity contribution in [3.8, 4) is 22.8 Å². The number of nitrogens with two attached hydrogens (primary N) is 1. The van der Waals surface area contributed by atoms with Crippen LogP contribution in [0.2, 0.25) is 0 Å². The van der Waals surface area contributed by atoms with Gasteiger partial charge < -0.3 is 10.3 Å². The number of rotatable bonds is 2. The summed E-state index contributed by atoms with van der Waals surface area (Å²) in [6.07, 6.45) is 0. The van der Waals surface area contributed by atoms with Crippen molar-refractivity contribution in [2.45, 2.75) is 0 Å². The highest BCUT2D eigenvalue weighted by Gasteiger charge is 2.14. The summed E-state index contributed by atoms with van der Waals surface area (Å²) in [5, 5.41) is 3.76. The van der Waals surface area contributed by atoms with Gasteiger partial charge in [-0.1, -0.05) is 21.1 Å². The Hall–Kier alpha value is -2.28. The third kappa shape index (κ3) is 2.64. The molecule has 0 atom stereocenters. The van der Waals surface area contributed by atoms with Crippen LogP contribution >= 0.6 is 15.9 Å². The largest absolute Gasteiger partial charge is 0.398 e. The van der Waals surface area contributed by atoms with Crippen LogP contribution in [0.15, 0.2) is 45.4 Å². The number of nitrogens with zero attached hydrogens (tertiary/aromatic N) is 2. The van der Waals surface area contributed by atoms with Crippen molar-refractivity contribution in [3.05, 3.63) is 52.5 Å². The van der Waals surface area contributed by atoms with E-state index in [2.05, 4.69) is 26.1 Å². The van der Waals surface area contributed by atoms with E-state index in [0.717, 1.165) is 16.6 Å². The van der Waals surface area contributed by atoms with E-state index < -0.39 is 11.6 Å². The molecule has 21 heavy (non-hydrogen) atoms. The molecule has 0 bridgehead atoms. The van der Waals surface area contributed by atoms with Crippen molar-refractivity contribution in [2.75, 3.05) is 5.73 Å². The lowest BCUT2D eigenvalue weighted by atomic mass is 10.2. The Morgan fingerprint density at radius 1 is 1.05 bits per heavy atom. The molecule has 0 aliphatic rings. The van der Waals surface area contributed by atoms with Gasteiger partial charge in [-0.3, -0.25) is 0 Å². The topological polar surface area (TPSA) is 64.9 Å². The molecule has 7 heteroatoms. The Labute approximate surface area is 126 Å². The monoisotopic (exact) mass is 351 g/mol. The average Bonchev–Trinajstić information content (AvgIpc) is 2.94. The number of hydrogen-bond donors (Lipinski definition) is 1. The molecule has 1 aromatic heterocycles. The van der Waals surface area contributed by atoms with E-state index in [1.54, 1.807) is 18.2 Å². The lowest BCUT2D eigenvalue weighted by Crippen LogP contribution is -1.90. The van der Waals surface area contributed by atoms with Gasteiger partial charge in [0.2, 0.25) is 5.82 Å². The molecule has 4 nitrogen and oxygen atoms in total. The molecule has 0 saturated heterocycles. The fourth-order valence-electron chi connectivity index (χ4n) is 1.80. The van der Waals surface area contributed by atoms with Gasteiger partial charge in [0.25, 0.3) is 5.89 Å². The molecule has 106 valence electrons. The zero-order chi connectivity index (χ0) is 15.0. The highest BCUT2D eigenvalue weighted by atomic mass is 79.9. The summed E-state index contributed by atoms with van der Waals surface area (Å²) in [5.74, 6) is -1.55. The van der Waals surface area contributed by atoms with E-state index in [-0.39, 0.29) is 11.7 Å². The van der Waals surface area contributed by atoms with Crippen LogP contribution < -0.4 is 5.73 Å². The van der Waals surface area contributed by atoms with Gasteiger partial charge in [0.05, 0.1) is 5.56 Å². The molecule has 0 saturated carbocycles. The summed E-state index contributed by atoms with van der Waals surface area (Å²) >= 11 is 3.33. The summed E-state index contributed by atoms with van der Waals surface area (Å²) in [6, 6.07) is 8.60. The van der Waals surface area contributed by atoms with Gasteiger partial charge in [-0.25, -0.2) is 8.78 Å². The maximum atomic E-state index is 13.2. The molecule has 2 N–H and O–H groups in total. The summed E-state index contributed by atoms with van der Waals surface area (Å²) in [4.78, 5) is 4.16. The predicted molar refractivity (Wildman–Crippen MR) is 77.2 cm³/mol. The minimum Gasteiger partial charge on any atom is -0.398 e. The van der Waals surface area contributed by atoms with Crippen molar-refractivity contribution in [3.63, 3.8) is 0 Å². The lowest BCUT2D eigenvalue weighted by Gasteiger charge is -2.00. The second-order valence-corrected chi connectivity index (χ2v) is 5.20. The number of hydrogen-bond acceptors (Lipinski definition) is 4. The van der Waals surface area contributed by atoms with Gasteiger partial charge in [0.15, 0.2) is 11.6 Å². The van der Waals surface area contributed by atoms with E-state index in [4.69, 9.17) is 10.3 Å². The Kier molecular flexibility index (Phi) is 3.42. The predicted octanol–water partition coefficient (Wildman–Crippen LogP) is 4.03. The summed E-state index contributed by atoms with van der Waals surface area (Å²) in [6.45, 7) is 0. The first kappa shape index (κ1) is 13.7. The summed E-state index contributed by atoms with van der Waals surface area (Å²) in [5.41, 5.74) is 7.20. The third-order valence-electron chi connectivity index (χ3n) is 2.85. The van der Waals surface area contributed by atoms with E-state index in [9.17, 15) is 8.78 Å². The molecular weight excluding hydrogens is 344 g/mol. The average molecular weight is 352 g/mol. The zero-order valence-corrected chi connectivity index (χ0v) is 12.1. The molecule has 0 radical (unpaired) electrons. The fraction of sp³-hybridized carbons (Fsp3) is 0. The highest BCUT2D eigenvalue weighted by molar-refractivity contribution is 9.10. The van der Waals surface area contributed by atoms with Gasteiger partial charge in [0.1, 0.15) is 0 Å². The van der Waals surface area contributed by atoms with Gasteiger partial charge in [-0.05, 0) is 36.4 Å². The smallest absolute Gasteiger partial charge is 0.260 e. The Bertz CT molecular complexity index is 820. The first-order valence-corrected chi connectivity index (χ1v) is 6.68. The van der Waals surface area contributed by atoms with Crippen LogP contribution in [0.25, 0.3) is 22.8 Å². The van der Waals surface area contributed by atoms with E-state index in [1.807, 2.05) is 0 Å². The van der Waals surface area contributed by atoms with E-state index in [0.29, 0.717) is 16.8 Å². The Morgan fingerprint density at radius 3 is 2.62 bits per heavy atom. The van der Waals surface area contributed by atoms with Gasteiger partial charge in [0, 0.05) is 15.7 Å². The molecule has 3 aromatic rings. The fourth-order valence-corrected chi connectivity index (χ4v) is 2.16. The van der Waals surface area contributed by atoms with Crippen LogP contribution in [0.4, 0.5) is 14.5 Å². The number of anilines is 1. The van der Waals surface area contributed by atoms with Crippen molar-refractivity contribution in [1.82, 2.24) is 10.1 Å². The van der Waals surface area contributed by atoms with Crippen molar-refractivity contribution >= 4 is 21.6 Å². The van der Waals surface area contributed by atoms with Crippen LogP contribution in [0.1, 0.15) is 0 Å². The SMILES string of the molecule is Nc1ccc(Br)cc1-c1nc(-c2ccc(F)c(F)c2)no1. The zero-order valence-electron chi connectivity index (χ0n) is 10.5. The molecule has 0 aliphatic heterocycles. The molecule has 0 aliphatic carbocycles. The van der Waals surface area contributed by atoms with Crippen molar-refractivity contribution in [1.29, 1.82) is 0 Å². The molecule has 3 rings (SSSR count). The van der Waals surface area contributed by atoms with E-state index >= 15 is 0 Å². The normalized spacial score (nSPS) is 10.8. The van der Waals surface area contributed by atoms with E-state index in [1.165, 1.54) is 6.07 Å². The minimum absolute atomic E-state index is 0.156. The summed E-state index contributed by atoms with van der Waals surface area (Å²) < 4.78 is 32.1. The Balaban J connectivity index is 2.03. The second kappa shape index (κ2) is 5.25. The summed E-state index contributed by atoms with van der Waals surface area (Å²) in [7, 11) is 0. The molecule has 2 aromatic carbocycles. The number of nitrogen functional groups attached to an aromatic ring is 1. The van der Waals surface area contributed by atoms with Crippen molar-refractivity contribution < 1.29 is 13.3 Å². The minimum atomic E-state index is -0.971. The number of halogens is 3. The van der Waals surface area contributed by atoms with Crippen LogP contribution in [0, 0.1) is 11.6 Å². The molecule has 1 heterocycles. The Morgan fingerprint density at radius 2 is 1.86 bits per heavy atom. The third-order valence-corrected chi connectivity index (χ3v) is 3.34. The highest BCUT2D eigenvalue weighted by Crippen LogP contribution is 2.29. The quantitative estimate of drug-likeness (QED) is 0.708. The number of aromatic nitrogens is 2. The molecular formula is C14H8BrF2N3O. The maximum Gasteiger partial charge on any atom is 0.260 e. The van der Waals surface area contributed by atoms with Crippen LogP contribution in [0.5, 0.6) is 0 Å². The molecule has 0 amide bonds. The molecule has 0 spiro atoms. The van der Waals surface area contributed by atoms with Gasteiger partial charge >= 0.3 is 0 Å². The maximum absolute atomic E-state index is 13.2. The van der Waals surface area contributed by atoms with Crippen LogP contribution in [-0.4, -0.2) is 10.1 Å².